The fraction of sp³-hybridized carbons (Fsp3) is 0.579. The van der Waals surface area contributed by atoms with Gasteiger partial charge in [-0.2, -0.15) is 0 Å². The van der Waals surface area contributed by atoms with Gasteiger partial charge in [0.05, 0.1) is 6.17 Å². The van der Waals surface area contributed by atoms with Gasteiger partial charge in [-0.1, -0.05) is 38.6 Å². The molecule has 0 unspecified atom stereocenters. The van der Waals surface area contributed by atoms with Gasteiger partial charge in [0.1, 0.15) is 12.4 Å². The standard InChI is InChI=1S/C19H26N2O/c1-4-9-22-16-7-5-15(6-8-16)17-20-11-18(2)10-19(3,13-20)14-21(17)12-18/h4-8,17H,1,9-14H2,2-3H3. The lowest BCUT2D eigenvalue weighted by atomic mass is 9.63. The topological polar surface area (TPSA) is 15.7 Å². The molecule has 0 amide bonds. The van der Waals surface area contributed by atoms with Crippen molar-refractivity contribution in [3.63, 3.8) is 0 Å². The van der Waals surface area contributed by atoms with Crippen LogP contribution in [0.4, 0.5) is 0 Å². The largest absolute Gasteiger partial charge is 0.490 e. The van der Waals surface area contributed by atoms with Crippen molar-refractivity contribution in [2.75, 3.05) is 32.8 Å². The summed E-state index contributed by atoms with van der Waals surface area (Å²) in [6.07, 6.45) is 3.62. The number of nitrogens with zero attached hydrogens (tertiary/aromatic N) is 2. The molecule has 1 aromatic rings. The molecular weight excluding hydrogens is 272 g/mol. The lowest BCUT2D eigenvalue weighted by Gasteiger charge is -2.66. The van der Waals surface area contributed by atoms with Crippen molar-refractivity contribution in [3.05, 3.63) is 42.5 Å². The van der Waals surface area contributed by atoms with E-state index >= 15 is 0 Å². The number of ether oxygens (including phenoxy) is 1. The quantitative estimate of drug-likeness (QED) is 0.793. The van der Waals surface area contributed by atoms with Gasteiger partial charge in [0.2, 0.25) is 0 Å². The molecule has 118 valence electrons. The summed E-state index contributed by atoms with van der Waals surface area (Å²) < 4.78 is 5.60. The van der Waals surface area contributed by atoms with Crippen LogP contribution in [0.2, 0.25) is 0 Å². The van der Waals surface area contributed by atoms with Crippen LogP contribution in [-0.2, 0) is 0 Å². The third-order valence-corrected chi connectivity index (χ3v) is 5.43. The van der Waals surface area contributed by atoms with E-state index < -0.39 is 0 Å². The number of benzene rings is 1. The summed E-state index contributed by atoms with van der Waals surface area (Å²) in [5.74, 6) is 0.927. The van der Waals surface area contributed by atoms with Gasteiger partial charge >= 0.3 is 0 Å². The first kappa shape index (κ1) is 14.3. The number of hydrogen-bond acceptors (Lipinski definition) is 3. The van der Waals surface area contributed by atoms with Gasteiger partial charge in [-0.3, -0.25) is 9.80 Å². The second-order valence-corrected chi connectivity index (χ2v) is 8.15. The van der Waals surface area contributed by atoms with Crippen LogP contribution in [0.25, 0.3) is 0 Å². The fourth-order valence-electron chi connectivity index (χ4n) is 5.32. The molecule has 0 atom stereocenters. The first-order valence-corrected chi connectivity index (χ1v) is 8.32. The highest BCUT2D eigenvalue weighted by Gasteiger charge is 2.56. The van der Waals surface area contributed by atoms with E-state index in [1.54, 1.807) is 6.08 Å². The lowest BCUT2D eigenvalue weighted by Crippen LogP contribution is -2.70. The van der Waals surface area contributed by atoms with Gasteiger partial charge in [0.15, 0.2) is 0 Å². The Morgan fingerprint density at radius 2 is 1.64 bits per heavy atom. The molecular formula is C19H26N2O. The van der Waals surface area contributed by atoms with Crippen LogP contribution in [-0.4, -0.2) is 42.6 Å². The molecule has 0 saturated carbocycles. The Morgan fingerprint density at radius 1 is 1.09 bits per heavy atom. The van der Waals surface area contributed by atoms with Gasteiger partial charge in [0.25, 0.3) is 0 Å². The minimum Gasteiger partial charge on any atom is -0.490 e. The number of hydrogen-bond donors (Lipinski definition) is 0. The van der Waals surface area contributed by atoms with Crippen molar-refractivity contribution in [3.8, 4) is 5.75 Å². The van der Waals surface area contributed by atoms with Crippen LogP contribution in [0.5, 0.6) is 5.75 Å². The smallest absolute Gasteiger partial charge is 0.119 e. The van der Waals surface area contributed by atoms with Gasteiger partial charge < -0.3 is 4.74 Å². The number of rotatable bonds is 4. The third kappa shape index (κ3) is 2.27. The summed E-state index contributed by atoms with van der Waals surface area (Å²) in [5.41, 5.74) is 2.36. The highest BCUT2D eigenvalue weighted by molar-refractivity contribution is 5.30. The molecule has 4 bridgehead atoms. The van der Waals surface area contributed by atoms with Crippen molar-refractivity contribution >= 4 is 0 Å². The summed E-state index contributed by atoms with van der Waals surface area (Å²) in [4.78, 5) is 5.38. The minimum atomic E-state index is 0.454. The van der Waals surface area contributed by atoms with E-state index in [1.165, 1.54) is 38.2 Å². The van der Waals surface area contributed by atoms with Gasteiger partial charge in [-0.15, -0.1) is 0 Å². The van der Waals surface area contributed by atoms with Crippen molar-refractivity contribution < 1.29 is 4.74 Å². The van der Waals surface area contributed by atoms with Crippen LogP contribution in [0.1, 0.15) is 32.0 Å². The second-order valence-electron chi connectivity index (χ2n) is 8.15. The zero-order valence-corrected chi connectivity index (χ0v) is 13.7. The lowest BCUT2D eigenvalue weighted by molar-refractivity contribution is -0.194. The van der Waals surface area contributed by atoms with E-state index in [-0.39, 0.29) is 0 Å². The van der Waals surface area contributed by atoms with Crippen LogP contribution >= 0.6 is 0 Å². The minimum absolute atomic E-state index is 0.454. The Labute approximate surface area is 133 Å². The summed E-state index contributed by atoms with van der Waals surface area (Å²) >= 11 is 0. The Kier molecular flexibility index (Phi) is 3.14. The van der Waals surface area contributed by atoms with Gasteiger partial charge in [-0.05, 0) is 34.9 Å². The van der Waals surface area contributed by atoms with Crippen LogP contribution in [0.15, 0.2) is 36.9 Å². The van der Waals surface area contributed by atoms with E-state index in [0.717, 1.165) is 5.75 Å². The highest BCUT2D eigenvalue weighted by atomic mass is 16.5. The van der Waals surface area contributed by atoms with Crippen LogP contribution < -0.4 is 4.74 Å². The first-order chi connectivity index (χ1) is 10.5. The van der Waals surface area contributed by atoms with Gasteiger partial charge in [0, 0.05) is 26.2 Å². The molecule has 0 N–H and O–H groups in total. The molecule has 3 heteroatoms. The van der Waals surface area contributed by atoms with Crippen molar-refractivity contribution in [1.82, 2.24) is 9.80 Å². The van der Waals surface area contributed by atoms with E-state index in [1.807, 2.05) is 0 Å². The summed E-state index contributed by atoms with van der Waals surface area (Å²) in [6, 6.07) is 8.65. The first-order valence-electron chi connectivity index (χ1n) is 8.32. The normalized spacial score (nSPS) is 42.4. The summed E-state index contributed by atoms with van der Waals surface area (Å²) in [7, 11) is 0. The molecule has 0 aromatic heterocycles. The average Bonchev–Trinajstić information content (AvgIpc) is 2.43. The Bertz CT molecular complexity index is 544. The molecule has 4 fully saturated rings. The summed E-state index contributed by atoms with van der Waals surface area (Å²) in [5, 5.41) is 0. The van der Waals surface area contributed by atoms with E-state index in [2.05, 4.69) is 54.5 Å². The molecule has 0 spiro atoms. The van der Waals surface area contributed by atoms with Crippen molar-refractivity contribution in [2.45, 2.75) is 26.4 Å². The SMILES string of the molecule is C=CCOc1ccc(C2N3CC4(C)CN2CC(C)(C3)C4)cc1. The Hall–Kier alpha value is -1.32. The molecule has 3 nitrogen and oxygen atoms in total. The number of piperidine rings is 2. The maximum Gasteiger partial charge on any atom is 0.119 e. The van der Waals surface area contributed by atoms with E-state index in [0.29, 0.717) is 23.6 Å². The zero-order chi connectivity index (χ0) is 15.4. The van der Waals surface area contributed by atoms with E-state index in [9.17, 15) is 0 Å². The molecule has 5 rings (SSSR count). The molecule has 1 aromatic carbocycles. The molecule has 4 heterocycles. The predicted molar refractivity (Wildman–Crippen MR) is 88.9 cm³/mol. The molecule has 4 saturated heterocycles. The Balaban J connectivity index is 1.57. The molecule has 0 aliphatic carbocycles. The fourth-order valence-corrected chi connectivity index (χ4v) is 5.32. The van der Waals surface area contributed by atoms with Crippen LogP contribution in [0, 0.1) is 10.8 Å². The molecule has 4 aliphatic heterocycles. The monoisotopic (exact) mass is 298 g/mol. The highest BCUT2D eigenvalue weighted by Crippen LogP contribution is 2.54. The van der Waals surface area contributed by atoms with Gasteiger partial charge in [-0.25, -0.2) is 0 Å². The predicted octanol–water partition coefficient (Wildman–Crippen LogP) is 3.30. The molecule has 0 radical (unpaired) electrons. The maximum atomic E-state index is 5.60. The maximum absolute atomic E-state index is 5.60. The average molecular weight is 298 g/mol. The van der Waals surface area contributed by atoms with Crippen molar-refractivity contribution in [2.24, 2.45) is 10.8 Å². The molecule has 4 aliphatic rings. The van der Waals surface area contributed by atoms with Crippen LogP contribution in [0.3, 0.4) is 0 Å². The second kappa shape index (κ2) is 4.84. The summed E-state index contributed by atoms with van der Waals surface area (Å²) in [6.45, 7) is 14.1. The van der Waals surface area contributed by atoms with E-state index in [4.69, 9.17) is 4.74 Å². The Morgan fingerprint density at radius 3 is 2.14 bits per heavy atom. The zero-order valence-electron chi connectivity index (χ0n) is 13.7. The third-order valence-electron chi connectivity index (χ3n) is 5.43. The molecule has 22 heavy (non-hydrogen) atoms. The van der Waals surface area contributed by atoms with Crippen molar-refractivity contribution in [1.29, 1.82) is 0 Å².